The van der Waals surface area contributed by atoms with Gasteiger partial charge in [0.25, 0.3) is 0 Å². The molecule has 6 nitrogen and oxygen atoms in total. The molecule has 0 amide bonds. The first-order valence-corrected chi connectivity index (χ1v) is 9.99. The van der Waals surface area contributed by atoms with E-state index in [4.69, 9.17) is 14.2 Å². The summed E-state index contributed by atoms with van der Waals surface area (Å²) in [6.45, 7) is 9.71. The Balaban J connectivity index is 1.88. The van der Waals surface area contributed by atoms with E-state index >= 15 is 0 Å². The van der Waals surface area contributed by atoms with Gasteiger partial charge in [0.1, 0.15) is 18.3 Å². The third-order valence-electron chi connectivity index (χ3n) is 5.62. The molecule has 0 spiro atoms. The quantitative estimate of drug-likeness (QED) is 0.311. The first-order valence-electron chi connectivity index (χ1n) is 9.99. The molecule has 1 fully saturated rings. The van der Waals surface area contributed by atoms with Crippen LogP contribution in [-0.4, -0.2) is 36.2 Å². The Morgan fingerprint density at radius 1 is 1.25 bits per heavy atom. The Bertz CT molecular complexity index is 746. The normalized spacial score (nSPS) is 32.5. The van der Waals surface area contributed by atoms with Gasteiger partial charge in [-0.05, 0) is 25.5 Å². The predicted octanol–water partition coefficient (Wildman–Crippen LogP) is 3.41. The van der Waals surface area contributed by atoms with Gasteiger partial charge in [0.05, 0.1) is 11.8 Å². The first-order chi connectivity index (χ1) is 13.3. The van der Waals surface area contributed by atoms with Crippen molar-refractivity contribution in [3.63, 3.8) is 0 Å². The third kappa shape index (κ3) is 4.21. The van der Waals surface area contributed by atoms with Crippen LogP contribution in [0.2, 0.25) is 0 Å². The van der Waals surface area contributed by atoms with Gasteiger partial charge in [-0.15, -0.1) is 0 Å². The van der Waals surface area contributed by atoms with Gasteiger partial charge in [0, 0.05) is 24.0 Å². The van der Waals surface area contributed by atoms with Crippen molar-refractivity contribution in [1.29, 1.82) is 0 Å². The van der Waals surface area contributed by atoms with E-state index in [1.807, 2.05) is 19.9 Å². The van der Waals surface area contributed by atoms with Crippen molar-refractivity contribution >= 4 is 17.9 Å². The highest BCUT2D eigenvalue weighted by Crippen LogP contribution is 2.38. The number of rotatable bonds is 5. The van der Waals surface area contributed by atoms with Gasteiger partial charge in [-0.25, -0.2) is 9.59 Å². The second-order valence-corrected chi connectivity index (χ2v) is 8.00. The number of esters is 3. The zero-order valence-corrected chi connectivity index (χ0v) is 16.7. The maximum atomic E-state index is 12.6. The van der Waals surface area contributed by atoms with Crippen molar-refractivity contribution in [3.8, 4) is 0 Å². The Labute approximate surface area is 165 Å². The Morgan fingerprint density at radius 2 is 2.00 bits per heavy atom. The number of ether oxygens (including phenoxy) is 3. The third-order valence-corrected chi connectivity index (χ3v) is 5.62. The SMILES string of the molecule is C=C1C(=O)O[C@H]2CC3=C[C@@H](C/C(C)=C/[C@@H](OC(=O)C(C)CCCC)[C@H]12)OC3=O. The summed E-state index contributed by atoms with van der Waals surface area (Å²) in [6.07, 6.45) is 5.51. The lowest BCUT2D eigenvalue weighted by molar-refractivity contribution is -0.154. The van der Waals surface area contributed by atoms with Gasteiger partial charge in [0.2, 0.25) is 0 Å². The molecule has 1 saturated heterocycles. The molecule has 0 aromatic heterocycles. The first kappa shape index (κ1) is 20.4. The molecule has 0 saturated carbocycles. The Hall–Kier alpha value is -2.37. The van der Waals surface area contributed by atoms with Crippen LogP contribution >= 0.6 is 0 Å². The minimum Gasteiger partial charge on any atom is -0.458 e. The van der Waals surface area contributed by atoms with E-state index in [9.17, 15) is 14.4 Å². The summed E-state index contributed by atoms with van der Waals surface area (Å²) in [6, 6.07) is 0. The molecule has 1 aliphatic carbocycles. The summed E-state index contributed by atoms with van der Waals surface area (Å²) in [4.78, 5) is 37.0. The molecule has 0 radical (unpaired) electrons. The van der Waals surface area contributed by atoms with E-state index in [1.54, 1.807) is 6.08 Å². The topological polar surface area (TPSA) is 78.9 Å². The molecule has 0 aromatic rings. The van der Waals surface area contributed by atoms with E-state index in [0.717, 1.165) is 24.8 Å². The van der Waals surface area contributed by atoms with Crippen LogP contribution in [0, 0.1) is 11.8 Å². The van der Waals surface area contributed by atoms with Crippen LogP contribution in [0.3, 0.4) is 0 Å². The Morgan fingerprint density at radius 3 is 2.71 bits per heavy atom. The maximum absolute atomic E-state index is 12.6. The molecule has 2 bridgehead atoms. The van der Waals surface area contributed by atoms with Gasteiger partial charge in [0.15, 0.2) is 0 Å². The molecule has 2 aliphatic heterocycles. The van der Waals surface area contributed by atoms with Crippen molar-refractivity contribution < 1.29 is 28.6 Å². The summed E-state index contributed by atoms with van der Waals surface area (Å²) in [5, 5.41) is 0. The average molecular weight is 388 g/mol. The molecule has 2 heterocycles. The minimum absolute atomic E-state index is 0.224. The van der Waals surface area contributed by atoms with Gasteiger partial charge in [-0.3, -0.25) is 4.79 Å². The van der Waals surface area contributed by atoms with Crippen molar-refractivity contribution in [1.82, 2.24) is 0 Å². The lowest BCUT2D eigenvalue weighted by Gasteiger charge is -2.27. The molecule has 5 atom stereocenters. The largest absolute Gasteiger partial charge is 0.458 e. The van der Waals surface area contributed by atoms with E-state index < -0.39 is 24.1 Å². The van der Waals surface area contributed by atoms with E-state index in [2.05, 4.69) is 13.5 Å². The zero-order valence-electron chi connectivity index (χ0n) is 16.7. The van der Waals surface area contributed by atoms with Crippen molar-refractivity contribution in [2.24, 2.45) is 11.8 Å². The number of unbranched alkanes of at least 4 members (excludes halogenated alkanes) is 1. The Kier molecular flexibility index (Phi) is 6.06. The fourth-order valence-corrected chi connectivity index (χ4v) is 3.99. The number of hydrogen-bond acceptors (Lipinski definition) is 6. The molecule has 1 unspecified atom stereocenters. The lowest BCUT2D eigenvalue weighted by Crippen LogP contribution is -2.34. The lowest BCUT2D eigenvalue weighted by atomic mass is 9.85. The average Bonchev–Trinajstić information content (AvgIpc) is 3.10. The molecule has 0 aromatic carbocycles. The summed E-state index contributed by atoms with van der Waals surface area (Å²) in [7, 11) is 0. The van der Waals surface area contributed by atoms with Crippen LogP contribution < -0.4 is 0 Å². The van der Waals surface area contributed by atoms with Crippen LogP contribution in [0.1, 0.15) is 52.9 Å². The minimum atomic E-state index is -0.659. The summed E-state index contributed by atoms with van der Waals surface area (Å²) in [5.41, 5.74) is 1.69. The predicted molar refractivity (Wildman–Crippen MR) is 102 cm³/mol. The van der Waals surface area contributed by atoms with Gasteiger partial charge in [-0.2, -0.15) is 0 Å². The van der Waals surface area contributed by atoms with E-state index in [1.165, 1.54) is 0 Å². The molecule has 0 N–H and O–H groups in total. The molecular formula is C22H28O6. The highest BCUT2D eigenvalue weighted by Gasteiger charge is 2.46. The number of carbonyl (C=O) groups excluding carboxylic acids is 3. The molecule has 28 heavy (non-hydrogen) atoms. The van der Waals surface area contributed by atoms with Gasteiger partial charge >= 0.3 is 17.9 Å². The fourth-order valence-electron chi connectivity index (χ4n) is 3.99. The number of hydrogen-bond donors (Lipinski definition) is 0. The fraction of sp³-hybridized carbons (Fsp3) is 0.591. The molecule has 3 aliphatic rings. The summed E-state index contributed by atoms with van der Waals surface area (Å²) >= 11 is 0. The smallest absolute Gasteiger partial charge is 0.334 e. The molecule has 3 rings (SSSR count). The highest BCUT2D eigenvalue weighted by molar-refractivity contribution is 5.93. The second-order valence-electron chi connectivity index (χ2n) is 8.00. The van der Waals surface area contributed by atoms with Crippen molar-refractivity contribution in [2.45, 2.75) is 71.2 Å². The van der Waals surface area contributed by atoms with Crippen LogP contribution in [-0.2, 0) is 28.6 Å². The van der Waals surface area contributed by atoms with E-state index in [0.29, 0.717) is 12.0 Å². The number of carbonyl (C=O) groups is 3. The summed E-state index contributed by atoms with van der Waals surface area (Å²) in [5.74, 6) is -1.93. The highest BCUT2D eigenvalue weighted by atomic mass is 16.6. The summed E-state index contributed by atoms with van der Waals surface area (Å²) < 4.78 is 16.7. The van der Waals surface area contributed by atoms with E-state index in [-0.39, 0.29) is 36.0 Å². The second kappa shape index (κ2) is 8.33. The zero-order chi connectivity index (χ0) is 20.4. The van der Waals surface area contributed by atoms with Crippen LogP contribution in [0.4, 0.5) is 0 Å². The van der Waals surface area contributed by atoms with Crippen LogP contribution in [0.25, 0.3) is 0 Å². The van der Waals surface area contributed by atoms with Crippen molar-refractivity contribution in [3.05, 3.63) is 35.5 Å². The molecular weight excluding hydrogens is 360 g/mol. The van der Waals surface area contributed by atoms with Gasteiger partial charge < -0.3 is 14.2 Å². The van der Waals surface area contributed by atoms with Crippen LogP contribution in [0.15, 0.2) is 35.5 Å². The maximum Gasteiger partial charge on any atom is 0.334 e. The standard InChI is InChI=1S/C22H28O6/c1-5-6-7-13(3)20(23)27-17-9-12(2)8-16-10-15(22(25)26-16)11-18-19(17)14(4)21(24)28-18/h9-10,13,16-19H,4-8,11H2,1-3H3/b12-9+/t13?,16-,17-,18+,19+/m1/s1. The monoisotopic (exact) mass is 388 g/mol. The van der Waals surface area contributed by atoms with Crippen LogP contribution in [0.5, 0.6) is 0 Å². The number of fused-ring (bicyclic) bond motifs is 2. The molecule has 6 heteroatoms. The van der Waals surface area contributed by atoms with Gasteiger partial charge in [-0.1, -0.05) is 38.8 Å². The van der Waals surface area contributed by atoms with Crippen molar-refractivity contribution in [2.75, 3.05) is 0 Å². The molecule has 152 valence electrons.